The summed E-state index contributed by atoms with van der Waals surface area (Å²) in [6.45, 7) is 2.79. The van der Waals surface area contributed by atoms with Crippen molar-refractivity contribution in [3.8, 4) is 0 Å². The molecule has 0 aromatic carbocycles. The molecule has 114 valence electrons. The summed E-state index contributed by atoms with van der Waals surface area (Å²) in [6, 6.07) is 3.83. The highest BCUT2D eigenvalue weighted by atomic mass is 16.5. The van der Waals surface area contributed by atoms with Crippen molar-refractivity contribution < 1.29 is 9.53 Å². The highest BCUT2D eigenvalue weighted by Crippen LogP contribution is 2.38. The van der Waals surface area contributed by atoms with Gasteiger partial charge in [0.05, 0.1) is 12.1 Å². The number of pyridine rings is 1. The summed E-state index contributed by atoms with van der Waals surface area (Å²) in [5.41, 5.74) is 1.60. The molecule has 3 rings (SSSR count). The van der Waals surface area contributed by atoms with Gasteiger partial charge in [-0.15, -0.1) is 0 Å². The summed E-state index contributed by atoms with van der Waals surface area (Å²) in [7, 11) is 1.82. The van der Waals surface area contributed by atoms with E-state index in [9.17, 15) is 4.79 Å². The quantitative estimate of drug-likeness (QED) is 0.870. The van der Waals surface area contributed by atoms with Gasteiger partial charge in [0.25, 0.3) is 5.91 Å². The monoisotopic (exact) mass is 289 g/mol. The standard InChI is InChI=1S/C16H23N3O2/c1-3-12-8-11(9-14(17-2)18-12)16(20)19-13-6-7-21-15(13)10-4-5-10/h8-10,13,15H,3-7H2,1-2H3,(H,17,18)(H,19,20). The highest BCUT2D eigenvalue weighted by molar-refractivity contribution is 5.95. The number of rotatable bonds is 5. The number of nitrogens with zero attached hydrogens (tertiary/aromatic N) is 1. The first kappa shape index (κ1) is 14.3. The first-order valence-corrected chi connectivity index (χ1v) is 7.82. The summed E-state index contributed by atoms with van der Waals surface area (Å²) in [4.78, 5) is 16.9. The Morgan fingerprint density at radius 2 is 2.19 bits per heavy atom. The second kappa shape index (κ2) is 6.02. The van der Waals surface area contributed by atoms with E-state index in [0.717, 1.165) is 31.0 Å². The molecule has 2 N–H and O–H groups in total. The molecule has 1 aliphatic carbocycles. The number of anilines is 1. The third-order valence-corrected chi connectivity index (χ3v) is 4.30. The van der Waals surface area contributed by atoms with Crippen LogP contribution in [0, 0.1) is 5.92 Å². The van der Waals surface area contributed by atoms with Crippen LogP contribution >= 0.6 is 0 Å². The lowest BCUT2D eigenvalue weighted by Crippen LogP contribution is -2.41. The smallest absolute Gasteiger partial charge is 0.251 e. The summed E-state index contributed by atoms with van der Waals surface area (Å²) in [6.07, 6.45) is 4.40. The molecule has 2 fully saturated rings. The number of carbonyl (C=O) groups is 1. The highest BCUT2D eigenvalue weighted by Gasteiger charge is 2.41. The normalized spacial score (nSPS) is 24.9. The third kappa shape index (κ3) is 3.18. The van der Waals surface area contributed by atoms with Crippen molar-refractivity contribution in [1.82, 2.24) is 10.3 Å². The van der Waals surface area contributed by atoms with E-state index < -0.39 is 0 Å². The van der Waals surface area contributed by atoms with Crippen LogP contribution in [0.4, 0.5) is 5.82 Å². The fourth-order valence-corrected chi connectivity index (χ4v) is 2.93. The zero-order chi connectivity index (χ0) is 14.8. The van der Waals surface area contributed by atoms with Gasteiger partial charge in [0.1, 0.15) is 5.82 Å². The van der Waals surface area contributed by atoms with E-state index in [4.69, 9.17) is 4.74 Å². The molecule has 1 aliphatic heterocycles. The van der Waals surface area contributed by atoms with Crippen LogP contribution < -0.4 is 10.6 Å². The summed E-state index contributed by atoms with van der Waals surface area (Å²) in [5.74, 6) is 1.36. The van der Waals surface area contributed by atoms with Crippen LogP contribution in [0.3, 0.4) is 0 Å². The minimum atomic E-state index is -0.0234. The largest absolute Gasteiger partial charge is 0.376 e. The Morgan fingerprint density at radius 1 is 1.38 bits per heavy atom. The van der Waals surface area contributed by atoms with E-state index in [0.29, 0.717) is 11.5 Å². The van der Waals surface area contributed by atoms with E-state index in [-0.39, 0.29) is 18.1 Å². The molecule has 1 amide bonds. The van der Waals surface area contributed by atoms with Gasteiger partial charge in [0.15, 0.2) is 0 Å². The summed E-state index contributed by atoms with van der Waals surface area (Å²) >= 11 is 0. The van der Waals surface area contributed by atoms with E-state index in [1.54, 1.807) is 6.07 Å². The van der Waals surface area contributed by atoms with E-state index >= 15 is 0 Å². The predicted molar refractivity (Wildman–Crippen MR) is 81.5 cm³/mol. The van der Waals surface area contributed by atoms with Gasteiger partial charge in [-0.1, -0.05) is 6.92 Å². The number of nitrogens with one attached hydrogen (secondary N) is 2. The fourth-order valence-electron chi connectivity index (χ4n) is 2.93. The van der Waals surface area contributed by atoms with Crippen LogP contribution in [-0.2, 0) is 11.2 Å². The molecule has 2 aliphatic rings. The van der Waals surface area contributed by atoms with Gasteiger partial charge in [-0.05, 0) is 43.7 Å². The van der Waals surface area contributed by atoms with E-state index in [2.05, 4.69) is 15.6 Å². The number of ether oxygens (including phenoxy) is 1. The zero-order valence-electron chi connectivity index (χ0n) is 12.7. The molecule has 21 heavy (non-hydrogen) atoms. The Bertz CT molecular complexity index is 506. The number of hydrogen-bond donors (Lipinski definition) is 2. The van der Waals surface area contributed by atoms with Crippen LogP contribution in [0.2, 0.25) is 0 Å². The maximum absolute atomic E-state index is 12.5. The average Bonchev–Trinajstić information content (AvgIpc) is 3.26. The molecule has 1 saturated heterocycles. The Morgan fingerprint density at radius 3 is 2.86 bits per heavy atom. The molecule has 1 aromatic rings. The van der Waals surface area contributed by atoms with Crippen LogP contribution in [0.15, 0.2) is 12.1 Å². The lowest BCUT2D eigenvalue weighted by molar-refractivity contribution is 0.0729. The third-order valence-electron chi connectivity index (χ3n) is 4.30. The van der Waals surface area contributed by atoms with Gasteiger partial charge in [0.2, 0.25) is 0 Å². The number of amides is 1. The Hall–Kier alpha value is -1.62. The minimum absolute atomic E-state index is 0.0234. The first-order valence-electron chi connectivity index (χ1n) is 7.82. The number of hydrogen-bond acceptors (Lipinski definition) is 4. The number of carbonyl (C=O) groups excluding carboxylic acids is 1. The molecule has 5 heteroatoms. The molecular weight excluding hydrogens is 266 g/mol. The zero-order valence-corrected chi connectivity index (χ0v) is 12.7. The topological polar surface area (TPSA) is 63.2 Å². The number of aryl methyl sites for hydroxylation is 1. The van der Waals surface area contributed by atoms with E-state index in [1.807, 2.05) is 20.0 Å². The molecule has 2 atom stereocenters. The van der Waals surface area contributed by atoms with Gasteiger partial charge < -0.3 is 15.4 Å². The second-order valence-corrected chi connectivity index (χ2v) is 5.88. The molecular formula is C16H23N3O2. The van der Waals surface area contributed by atoms with Gasteiger partial charge in [-0.2, -0.15) is 0 Å². The van der Waals surface area contributed by atoms with Crippen LogP contribution in [-0.4, -0.2) is 36.7 Å². The summed E-state index contributed by atoms with van der Waals surface area (Å²) in [5, 5.41) is 6.16. The Labute approximate surface area is 125 Å². The Balaban J connectivity index is 1.72. The lowest BCUT2D eigenvalue weighted by Gasteiger charge is -2.19. The maximum atomic E-state index is 12.5. The van der Waals surface area contributed by atoms with Crippen molar-refractivity contribution in [2.75, 3.05) is 19.0 Å². The molecule has 0 radical (unpaired) electrons. The minimum Gasteiger partial charge on any atom is -0.376 e. The van der Waals surface area contributed by atoms with Crippen molar-refractivity contribution >= 4 is 11.7 Å². The molecule has 0 bridgehead atoms. The van der Waals surface area contributed by atoms with Gasteiger partial charge >= 0.3 is 0 Å². The van der Waals surface area contributed by atoms with Gasteiger partial charge in [-0.3, -0.25) is 4.79 Å². The van der Waals surface area contributed by atoms with Crippen LogP contribution in [0.1, 0.15) is 42.2 Å². The van der Waals surface area contributed by atoms with Crippen molar-refractivity contribution in [3.05, 3.63) is 23.4 Å². The van der Waals surface area contributed by atoms with Crippen molar-refractivity contribution in [2.45, 2.75) is 44.8 Å². The molecule has 5 nitrogen and oxygen atoms in total. The van der Waals surface area contributed by atoms with Crippen molar-refractivity contribution in [1.29, 1.82) is 0 Å². The number of aromatic nitrogens is 1. The van der Waals surface area contributed by atoms with Crippen LogP contribution in [0.5, 0.6) is 0 Å². The Kier molecular flexibility index (Phi) is 4.10. The fraction of sp³-hybridized carbons (Fsp3) is 0.625. The molecule has 2 heterocycles. The maximum Gasteiger partial charge on any atom is 0.251 e. The van der Waals surface area contributed by atoms with Crippen LogP contribution in [0.25, 0.3) is 0 Å². The van der Waals surface area contributed by atoms with Crippen molar-refractivity contribution in [3.63, 3.8) is 0 Å². The van der Waals surface area contributed by atoms with Gasteiger partial charge in [-0.25, -0.2) is 4.98 Å². The summed E-state index contributed by atoms with van der Waals surface area (Å²) < 4.78 is 5.78. The predicted octanol–water partition coefficient (Wildman–Crippen LogP) is 1.98. The molecule has 2 unspecified atom stereocenters. The lowest BCUT2D eigenvalue weighted by atomic mass is 10.1. The SMILES string of the molecule is CCc1cc(C(=O)NC2CCOC2C2CC2)cc(NC)n1. The van der Waals surface area contributed by atoms with Crippen molar-refractivity contribution in [2.24, 2.45) is 5.92 Å². The van der Waals surface area contributed by atoms with E-state index in [1.165, 1.54) is 12.8 Å². The second-order valence-electron chi connectivity index (χ2n) is 5.88. The average molecular weight is 289 g/mol. The first-order chi connectivity index (χ1) is 10.2. The van der Waals surface area contributed by atoms with Gasteiger partial charge in [0, 0.05) is 24.9 Å². The molecule has 0 spiro atoms. The molecule has 1 saturated carbocycles. The molecule has 1 aromatic heterocycles.